The summed E-state index contributed by atoms with van der Waals surface area (Å²) in [6.07, 6.45) is 2.20. The average Bonchev–Trinajstić information content (AvgIpc) is 2.93. The van der Waals surface area contributed by atoms with Crippen molar-refractivity contribution in [3.63, 3.8) is 0 Å². The summed E-state index contributed by atoms with van der Waals surface area (Å²) >= 11 is 0. The van der Waals surface area contributed by atoms with Crippen LogP contribution in [0, 0.1) is 0 Å². The first-order valence-corrected chi connectivity index (χ1v) is 6.42. The lowest BCUT2D eigenvalue weighted by Crippen LogP contribution is -2.35. The van der Waals surface area contributed by atoms with E-state index in [0.29, 0.717) is 11.5 Å². The lowest BCUT2D eigenvalue weighted by Gasteiger charge is -2.17. The zero-order valence-corrected chi connectivity index (χ0v) is 10.5. The minimum absolute atomic E-state index is 0.295. The number of para-hydroxylation sites is 1. The van der Waals surface area contributed by atoms with Crippen LogP contribution in [-0.2, 0) is 0 Å². The zero-order chi connectivity index (χ0) is 13.2. The largest absolute Gasteiger partial charge is 0.358 e. The van der Waals surface area contributed by atoms with Crippen molar-refractivity contribution in [2.45, 2.75) is 12.8 Å². The third-order valence-corrected chi connectivity index (χ3v) is 3.38. The number of nitrogens with zero attached hydrogens (tertiary/aromatic N) is 2. The highest BCUT2D eigenvalue weighted by Crippen LogP contribution is 2.14. The quantitative estimate of drug-likeness (QED) is 0.877. The van der Waals surface area contributed by atoms with Gasteiger partial charge < -0.3 is 4.90 Å². The number of aromatic nitrogens is 2. The molecule has 1 aromatic carbocycles. The molecule has 1 N–H and O–H groups in total. The SMILES string of the molecule is O=c1cc(N2CCCC2)[nH]c(=O)n1-c1ccccc1. The summed E-state index contributed by atoms with van der Waals surface area (Å²) in [5.74, 6) is 0.625. The fourth-order valence-corrected chi connectivity index (χ4v) is 2.43. The summed E-state index contributed by atoms with van der Waals surface area (Å²) in [5.41, 5.74) is -0.0980. The van der Waals surface area contributed by atoms with E-state index in [-0.39, 0.29) is 11.2 Å². The summed E-state index contributed by atoms with van der Waals surface area (Å²) in [4.78, 5) is 29.1. The van der Waals surface area contributed by atoms with Gasteiger partial charge in [-0.1, -0.05) is 18.2 Å². The fraction of sp³-hybridized carbons (Fsp3) is 0.286. The van der Waals surface area contributed by atoms with E-state index in [1.165, 1.54) is 6.07 Å². The van der Waals surface area contributed by atoms with Gasteiger partial charge in [-0.15, -0.1) is 0 Å². The Bertz CT molecular complexity index is 651. The van der Waals surface area contributed by atoms with Crippen LogP contribution in [0.25, 0.3) is 5.69 Å². The molecule has 19 heavy (non-hydrogen) atoms. The maximum atomic E-state index is 12.1. The number of hydrogen-bond donors (Lipinski definition) is 1. The molecule has 3 rings (SSSR count). The van der Waals surface area contributed by atoms with E-state index in [1.807, 2.05) is 11.0 Å². The van der Waals surface area contributed by atoms with Gasteiger partial charge >= 0.3 is 5.69 Å². The van der Waals surface area contributed by atoms with Gasteiger partial charge in [0.25, 0.3) is 5.56 Å². The van der Waals surface area contributed by atoms with E-state index >= 15 is 0 Å². The third kappa shape index (κ3) is 2.19. The number of nitrogens with one attached hydrogen (secondary N) is 1. The van der Waals surface area contributed by atoms with Crippen LogP contribution >= 0.6 is 0 Å². The molecule has 0 saturated carbocycles. The highest BCUT2D eigenvalue weighted by molar-refractivity contribution is 5.40. The molecule has 0 aliphatic carbocycles. The zero-order valence-electron chi connectivity index (χ0n) is 10.5. The fourth-order valence-electron chi connectivity index (χ4n) is 2.43. The van der Waals surface area contributed by atoms with Gasteiger partial charge in [-0.05, 0) is 25.0 Å². The summed E-state index contributed by atoms with van der Waals surface area (Å²) in [6, 6.07) is 10.4. The Morgan fingerprint density at radius 3 is 2.32 bits per heavy atom. The second-order valence-corrected chi connectivity index (χ2v) is 4.66. The van der Waals surface area contributed by atoms with Crippen molar-refractivity contribution in [3.05, 3.63) is 57.2 Å². The van der Waals surface area contributed by atoms with Crippen LogP contribution in [-0.4, -0.2) is 22.6 Å². The van der Waals surface area contributed by atoms with Crippen molar-refractivity contribution >= 4 is 5.82 Å². The Balaban J connectivity index is 2.09. The number of rotatable bonds is 2. The third-order valence-electron chi connectivity index (χ3n) is 3.38. The molecule has 0 radical (unpaired) electrons. The van der Waals surface area contributed by atoms with Crippen LogP contribution in [0.4, 0.5) is 5.82 Å². The number of hydrogen-bond acceptors (Lipinski definition) is 3. The van der Waals surface area contributed by atoms with Crippen molar-refractivity contribution in [3.8, 4) is 5.69 Å². The minimum atomic E-state index is -0.388. The number of H-pyrrole nitrogens is 1. The van der Waals surface area contributed by atoms with E-state index in [2.05, 4.69) is 4.98 Å². The van der Waals surface area contributed by atoms with Gasteiger partial charge in [-0.3, -0.25) is 9.78 Å². The maximum Gasteiger partial charge on any atom is 0.334 e. The monoisotopic (exact) mass is 257 g/mol. The smallest absolute Gasteiger partial charge is 0.334 e. The van der Waals surface area contributed by atoms with E-state index in [1.54, 1.807) is 24.3 Å². The first-order valence-electron chi connectivity index (χ1n) is 6.42. The van der Waals surface area contributed by atoms with Gasteiger partial charge in [0.15, 0.2) is 0 Å². The van der Waals surface area contributed by atoms with Gasteiger partial charge in [0.2, 0.25) is 0 Å². The molecular formula is C14H15N3O2. The first-order chi connectivity index (χ1) is 9.25. The lowest BCUT2D eigenvalue weighted by molar-refractivity contribution is 0.840. The Kier molecular flexibility index (Phi) is 2.95. The van der Waals surface area contributed by atoms with Crippen molar-refractivity contribution in [2.75, 3.05) is 18.0 Å². The van der Waals surface area contributed by atoms with E-state index in [9.17, 15) is 9.59 Å². The summed E-state index contributed by atoms with van der Waals surface area (Å²) in [5, 5.41) is 0. The van der Waals surface area contributed by atoms with Gasteiger partial charge in [-0.25, -0.2) is 9.36 Å². The van der Waals surface area contributed by atoms with Crippen LogP contribution < -0.4 is 16.1 Å². The topological polar surface area (TPSA) is 58.1 Å². The maximum absolute atomic E-state index is 12.1. The standard InChI is InChI=1S/C14H15N3O2/c18-13-10-12(16-8-4-5-9-16)15-14(19)17(13)11-6-2-1-3-7-11/h1-3,6-7,10H,4-5,8-9H2,(H,15,19). The van der Waals surface area contributed by atoms with Crippen LogP contribution in [0.15, 0.2) is 46.0 Å². The molecule has 0 unspecified atom stereocenters. The predicted molar refractivity (Wildman–Crippen MR) is 74.1 cm³/mol. The molecule has 5 heteroatoms. The van der Waals surface area contributed by atoms with E-state index in [4.69, 9.17) is 0 Å². The molecule has 1 saturated heterocycles. The van der Waals surface area contributed by atoms with Crippen LogP contribution in [0.5, 0.6) is 0 Å². The van der Waals surface area contributed by atoms with Crippen LogP contribution in [0.3, 0.4) is 0 Å². The molecule has 1 aliphatic rings. The molecule has 0 amide bonds. The Morgan fingerprint density at radius 1 is 1.00 bits per heavy atom. The van der Waals surface area contributed by atoms with Gasteiger partial charge in [0.1, 0.15) is 5.82 Å². The van der Waals surface area contributed by atoms with Crippen LogP contribution in [0.2, 0.25) is 0 Å². The van der Waals surface area contributed by atoms with E-state index < -0.39 is 0 Å². The van der Waals surface area contributed by atoms with Crippen molar-refractivity contribution in [1.29, 1.82) is 0 Å². The Morgan fingerprint density at radius 2 is 1.68 bits per heavy atom. The molecule has 1 aliphatic heterocycles. The van der Waals surface area contributed by atoms with Crippen LogP contribution in [0.1, 0.15) is 12.8 Å². The molecule has 2 heterocycles. The number of benzene rings is 1. The molecule has 2 aromatic rings. The van der Waals surface area contributed by atoms with Crippen molar-refractivity contribution < 1.29 is 0 Å². The van der Waals surface area contributed by atoms with Crippen molar-refractivity contribution in [2.24, 2.45) is 0 Å². The van der Waals surface area contributed by atoms with Crippen molar-refractivity contribution in [1.82, 2.24) is 9.55 Å². The number of anilines is 1. The Labute approximate surface area is 110 Å². The normalized spacial score (nSPS) is 14.8. The van der Waals surface area contributed by atoms with Gasteiger partial charge in [0, 0.05) is 19.2 Å². The molecule has 5 nitrogen and oxygen atoms in total. The van der Waals surface area contributed by atoms with Gasteiger partial charge in [-0.2, -0.15) is 0 Å². The Hall–Kier alpha value is -2.30. The lowest BCUT2D eigenvalue weighted by atomic mass is 10.3. The molecular weight excluding hydrogens is 242 g/mol. The predicted octanol–water partition coefficient (Wildman–Crippen LogP) is 1.13. The highest BCUT2D eigenvalue weighted by Gasteiger charge is 2.15. The first kappa shape index (κ1) is 11.8. The second kappa shape index (κ2) is 4.76. The van der Waals surface area contributed by atoms with Gasteiger partial charge in [0.05, 0.1) is 5.69 Å². The minimum Gasteiger partial charge on any atom is -0.358 e. The summed E-state index contributed by atoms with van der Waals surface area (Å²) in [7, 11) is 0. The summed E-state index contributed by atoms with van der Waals surface area (Å²) in [6.45, 7) is 1.79. The average molecular weight is 257 g/mol. The molecule has 98 valence electrons. The highest BCUT2D eigenvalue weighted by atomic mass is 16.2. The molecule has 1 fully saturated rings. The molecule has 1 aromatic heterocycles. The molecule has 0 spiro atoms. The number of aromatic amines is 1. The second-order valence-electron chi connectivity index (χ2n) is 4.66. The molecule has 0 atom stereocenters. The molecule has 0 bridgehead atoms. The summed E-state index contributed by atoms with van der Waals surface area (Å²) < 4.78 is 1.15. The van der Waals surface area contributed by atoms with E-state index in [0.717, 1.165) is 30.5 Å².